The van der Waals surface area contributed by atoms with Gasteiger partial charge in [0, 0.05) is 12.1 Å². The molecule has 3 rings (SSSR count). The number of nitrogens with one attached hydrogen (secondary N) is 1. The van der Waals surface area contributed by atoms with E-state index in [0.29, 0.717) is 11.4 Å². The number of rotatable bonds is 3. The van der Waals surface area contributed by atoms with Gasteiger partial charge in [0.25, 0.3) is 0 Å². The third kappa shape index (κ3) is 1.93. The van der Waals surface area contributed by atoms with E-state index in [4.69, 9.17) is 0 Å². The van der Waals surface area contributed by atoms with Gasteiger partial charge in [-0.15, -0.1) is 5.10 Å². The Morgan fingerprint density at radius 1 is 1.40 bits per heavy atom. The molecule has 0 amide bonds. The molecule has 0 aliphatic heterocycles. The molecule has 0 radical (unpaired) electrons. The van der Waals surface area contributed by atoms with Crippen molar-refractivity contribution in [2.24, 2.45) is 0 Å². The molecule has 3 aromatic rings. The highest BCUT2D eigenvalue weighted by molar-refractivity contribution is 5.89. The van der Waals surface area contributed by atoms with E-state index >= 15 is 0 Å². The lowest BCUT2D eigenvalue weighted by atomic mass is 10.1. The van der Waals surface area contributed by atoms with E-state index in [0.717, 1.165) is 23.1 Å². The van der Waals surface area contributed by atoms with Crippen LogP contribution in [0.4, 0.5) is 0 Å². The first-order valence-corrected chi connectivity index (χ1v) is 6.20. The monoisotopic (exact) mass is 271 g/mol. The van der Waals surface area contributed by atoms with Crippen LogP contribution in [0.5, 0.6) is 0 Å². The molecule has 0 aliphatic rings. The van der Waals surface area contributed by atoms with Gasteiger partial charge >= 0.3 is 5.97 Å². The van der Waals surface area contributed by atoms with E-state index in [1.807, 2.05) is 29.8 Å². The molecule has 20 heavy (non-hydrogen) atoms. The fourth-order valence-electron chi connectivity index (χ4n) is 2.04. The largest absolute Gasteiger partial charge is 0.464 e. The average Bonchev–Trinajstić information content (AvgIpc) is 3.12. The van der Waals surface area contributed by atoms with Crippen LogP contribution in [0.25, 0.3) is 22.3 Å². The maximum absolute atomic E-state index is 11.4. The first kappa shape index (κ1) is 12.3. The highest BCUT2D eigenvalue weighted by atomic mass is 16.5. The Balaban J connectivity index is 2.05. The molecule has 2 heterocycles. The summed E-state index contributed by atoms with van der Waals surface area (Å²) in [6.07, 6.45) is 0. The molecule has 1 N–H and O–H groups in total. The zero-order valence-electron chi connectivity index (χ0n) is 11.1. The van der Waals surface area contributed by atoms with Crippen LogP contribution < -0.4 is 0 Å². The van der Waals surface area contributed by atoms with Gasteiger partial charge in [0.2, 0.25) is 0 Å². The maximum Gasteiger partial charge on any atom is 0.356 e. The van der Waals surface area contributed by atoms with Crippen LogP contribution in [0.1, 0.15) is 17.4 Å². The molecule has 0 atom stereocenters. The number of hydrogen-bond donors (Lipinski definition) is 1. The molecule has 102 valence electrons. The average molecular weight is 271 g/mol. The Kier molecular flexibility index (Phi) is 2.94. The number of ether oxygens (including phenoxy) is 1. The van der Waals surface area contributed by atoms with E-state index in [-0.39, 0.29) is 0 Å². The molecule has 1 aromatic carbocycles. The normalized spacial score (nSPS) is 10.9. The zero-order valence-corrected chi connectivity index (χ0v) is 11.1. The minimum Gasteiger partial charge on any atom is -0.464 e. The molecule has 0 fully saturated rings. The first-order chi connectivity index (χ1) is 9.72. The van der Waals surface area contributed by atoms with Crippen LogP contribution in [-0.2, 0) is 11.3 Å². The molecule has 7 heteroatoms. The number of methoxy groups -OCH3 is 1. The number of nitrogens with zero attached hydrogens (tertiary/aromatic N) is 4. The van der Waals surface area contributed by atoms with Gasteiger partial charge in [-0.25, -0.2) is 9.48 Å². The minimum atomic E-state index is -0.440. The lowest BCUT2D eigenvalue weighted by molar-refractivity contribution is 0.0594. The summed E-state index contributed by atoms with van der Waals surface area (Å²) in [4.78, 5) is 11.4. The van der Waals surface area contributed by atoms with Crippen LogP contribution in [0.2, 0.25) is 0 Å². The summed E-state index contributed by atoms with van der Waals surface area (Å²) >= 11 is 0. The quantitative estimate of drug-likeness (QED) is 0.732. The Hall–Kier alpha value is -2.70. The van der Waals surface area contributed by atoms with Crippen molar-refractivity contribution >= 4 is 17.0 Å². The summed E-state index contributed by atoms with van der Waals surface area (Å²) in [7, 11) is 1.33. The summed E-state index contributed by atoms with van der Waals surface area (Å²) in [6.45, 7) is 2.75. The molecule has 0 aliphatic carbocycles. The number of H-pyrrole nitrogens is 1. The van der Waals surface area contributed by atoms with Crippen molar-refractivity contribution < 1.29 is 9.53 Å². The van der Waals surface area contributed by atoms with Crippen molar-refractivity contribution in [1.29, 1.82) is 0 Å². The fourth-order valence-corrected chi connectivity index (χ4v) is 2.04. The number of hydrogen-bond acceptors (Lipinski definition) is 5. The number of fused-ring (bicyclic) bond motifs is 1. The van der Waals surface area contributed by atoms with Crippen molar-refractivity contribution in [2.75, 3.05) is 7.11 Å². The van der Waals surface area contributed by atoms with Crippen LogP contribution in [0.3, 0.4) is 0 Å². The highest BCUT2D eigenvalue weighted by Crippen LogP contribution is 2.22. The van der Waals surface area contributed by atoms with Gasteiger partial charge in [0.1, 0.15) is 11.2 Å². The van der Waals surface area contributed by atoms with Crippen molar-refractivity contribution in [2.45, 2.75) is 13.5 Å². The second-order valence-electron chi connectivity index (χ2n) is 4.27. The number of benzene rings is 1. The van der Waals surface area contributed by atoms with E-state index < -0.39 is 5.97 Å². The molecule has 0 saturated heterocycles. The van der Waals surface area contributed by atoms with E-state index in [1.54, 1.807) is 6.07 Å². The SMILES string of the molecule is CCn1nnc2ccc(-c3cc(C(=O)OC)[nH]n3)cc21. The molecule has 0 bridgehead atoms. The summed E-state index contributed by atoms with van der Waals surface area (Å²) in [5.74, 6) is -0.440. The van der Waals surface area contributed by atoms with Gasteiger partial charge < -0.3 is 4.74 Å². The fraction of sp³-hybridized carbons (Fsp3) is 0.231. The number of carbonyl (C=O) groups excluding carboxylic acids is 1. The van der Waals surface area contributed by atoms with Gasteiger partial charge in [0.05, 0.1) is 18.3 Å². The number of carbonyl (C=O) groups is 1. The summed E-state index contributed by atoms with van der Waals surface area (Å²) in [5.41, 5.74) is 3.66. The third-order valence-electron chi connectivity index (χ3n) is 3.09. The van der Waals surface area contributed by atoms with Crippen LogP contribution in [0.15, 0.2) is 24.3 Å². The summed E-state index contributed by atoms with van der Waals surface area (Å²) < 4.78 is 6.46. The summed E-state index contributed by atoms with van der Waals surface area (Å²) in [6, 6.07) is 7.40. The van der Waals surface area contributed by atoms with Crippen LogP contribution >= 0.6 is 0 Å². The predicted octanol–water partition coefficient (Wildman–Crippen LogP) is 1.63. The van der Waals surface area contributed by atoms with Gasteiger partial charge in [-0.2, -0.15) is 5.10 Å². The van der Waals surface area contributed by atoms with Crippen LogP contribution in [-0.4, -0.2) is 38.3 Å². The molecule has 2 aromatic heterocycles. The van der Waals surface area contributed by atoms with Crippen molar-refractivity contribution in [3.8, 4) is 11.3 Å². The second kappa shape index (κ2) is 4.76. The Morgan fingerprint density at radius 2 is 2.25 bits per heavy atom. The zero-order chi connectivity index (χ0) is 14.1. The van der Waals surface area contributed by atoms with Crippen molar-refractivity contribution in [3.05, 3.63) is 30.0 Å². The minimum absolute atomic E-state index is 0.324. The number of aryl methyl sites for hydroxylation is 1. The van der Waals surface area contributed by atoms with Crippen molar-refractivity contribution in [3.63, 3.8) is 0 Å². The Morgan fingerprint density at radius 3 is 3.00 bits per heavy atom. The molecule has 7 nitrogen and oxygen atoms in total. The maximum atomic E-state index is 11.4. The van der Waals surface area contributed by atoms with Gasteiger partial charge in [-0.1, -0.05) is 11.3 Å². The van der Waals surface area contributed by atoms with Gasteiger partial charge in [-0.05, 0) is 25.1 Å². The summed E-state index contributed by atoms with van der Waals surface area (Å²) in [5, 5.41) is 14.9. The highest BCUT2D eigenvalue weighted by Gasteiger charge is 2.12. The lowest BCUT2D eigenvalue weighted by Gasteiger charge is -1.99. The lowest BCUT2D eigenvalue weighted by Crippen LogP contribution is -2.00. The van der Waals surface area contributed by atoms with Gasteiger partial charge in [0.15, 0.2) is 0 Å². The Labute approximate surface area is 114 Å². The van der Waals surface area contributed by atoms with E-state index in [1.165, 1.54) is 7.11 Å². The Bertz CT molecular complexity index is 774. The standard InChI is InChI=1S/C13H13N5O2/c1-3-18-12-6-8(4-5-9(12)16-17-18)10-7-11(15-14-10)13(19)20-2/h4-7H,3H2,1-2H3,(H,14,15). The smallest absolute Gasteiger partial charge is 0.356 e. The van der Waals surface area contributed by atoms with Crippen LogP contribution in [0, 0.1) is 0 Å². The number of esters is 1. The molecule has 0 unspecified atom stereocenters. The topological polar surface area (TPSA) is 85.7 Å². The molecular weight excluding hydrogens is 258 g/mol. The molecular formula is C13H13N5O2. The van der Waals surface area contributed by atoms with Crippen molar-refractivity contribution in [1.82, 2.24) is 25.2 Å². The van der Waals surface area contributed by atoms with E-state index in [9.17, 15) is 4.79 Å². The third-order valence-corrected chi connectivity index (χ3v) is 3.09. The van der Waals surface area contributed by atoms with Gasteiger partial charge in [-0.3, -0.25) is 5.10 Å². The molecule has 0 spiro atoms. The molecule has 0 saturated carbocycles. The second-order valence-corrected chi connectivity index (χ2v) is 4.27. The number of aromatic nitrogens is 5. The first-order valence-electron chi connectivity index (χ1n) is 6.20. The van der Waals surface area contributed by atoms with E-state index in [2.05, 4.69) is 25.2 Å². The predicted molar refractivity (Wildman–Crippen MR) is 72.1 cm³/mol. The number of aromatic amines is 1.